The lowest BCUT2D eigenvalue weighted by atomic mass is 9.95. The highest BCUT2D eigenvalue weighted by Crippen LogP contribution is 2.38. The Labute approximate surface area is 198 Å². The van der Waals surface area contributed by atoms with E-state index >= 15 is 0 Å². The van der Waals surface area contributed by atoms with E-state index in [1.165, 1.54) is 27.9 Å². The zero-order valence-corrected chi connectivity index (χ0v) is 19.5. The van der Waals surface area contributed by atoms with Crippen LogP contribution in [0.5, 0.6) is 5.75 Å². The molecule has 4 rings (SSSR count). The summed E-state index contributed by atoms with van der Waals surface area (Å²) in [6, 6.07) is 17.6. The van der Waals surface area contributed by atoms with Gasteiger partial charge in [-0.15, -0.1) is 11.3 Å². The number of nitrogens with one attached hydrogen (secondary N) is 2. The SMILES string of the molecule is COc1ccc(C=CC(=O)Nc2sc3c(c2C(=O)NCCc2ccccc2)CCCC3)cc1. The van der Waals surface area contributed by atoms with Crippen LogP contribution in [-0.2, 0) is 24.1 Å². The lowest BCUT2D eigenvalue weighted by Gasteiger charge is -2.13. The second-order valence-electron chi connectivity index (χ2n) is 8.00. The predicted molar refractivity (Wildman–Crippen MR) is 134 cm³/mol. The molecule has 0 saturated heterocycles. The highest BCUT2D eigenvalue weighted by Gasteiger charge is 2.25. The van der Waals surface area contributed by atoms with E-state index in [2.05, 4.69) is 22.8 Å². The number of carbonyl (C=O) groups excluding carboxylic acids is 2. The van der Waals surface area contributed by atoms with Gasteiger partial charge >= 0.3 is 0 Å². The number of rotatable bonds is 8. The molecule has 170 valence electrons. The van der Waals surface area contributed by atoms with E-state index in [0.29, 0.717) is 17.1 Å². The molecule has 2 amide bonds. The second-order valence-corrected chi connectivity index (χ2v) is 9.11. The maximum atomic E-state index is 13.1. The average Bonchev–Trinajstić information content (AvgIpc) is 3.21. The van der Waals surface area contributed by atoms with Crippen LogP contribution < -0.4 is 15.4 Å². The average molecular weight is 461 g/mol. The van der Waals surface area contributed by atoms with E-state index in [1.54, 1.807) is 13.2 Å². The van der Waals surface area contributed by atoms with Crippen LogP contribution in [0.4, 0.5) is 5.00 Å². The molecule has 1 aliphatic carbocycles. The zero-order chi connectivity index (χ0) is 23.0. The van der Waals surface area contributed by atoms with Gasteiger partial charge in [0.2, 0.25) is 5.91 Å². The predicted octanol–water partition coefficient (Wildman–Crippen LogP) is 5.26. The number of aryl methyl sites for hydroxylation is 1. The van der Waals surface area contributed by atoms with E-state index in [4.69, 9.17) is 4.74 Å². The molecule has 5 nitrogen and oxygen atoms in total. The first-order valence-electron chi connectivity index (χ1n) is 11.2. The molecule has 1 heterocycles. The van der Waals surface area contributed by atoms with Gasteiger partial charge in [0.25, 0.3) is 5.91 Å². The van der Waals surface area contributed by atoms with Gasteiger partial charge in [-0.3, -0.25) is 9.59 Å². The number of methoxy groups -OCH3 is 1. The molecule has 6 heteroatoms. The minimum atomic E-state index is -0.247. The van der Waals surface area contributed by atoms with Crippen molar-refractivity contribution < 1.29 is 14.3 Å². The summed E-state index contributed by atoms with van der Waals surface area (Å²) in [6.07, 6.45) is 8.05. The molecule has 3 aromatic rings. The zero-order valence-electron chi connectivity index (χ0n) is 18.7. The third-order valence-electron chi connectivity index (χ3n) is 5.72. The minimum Gasteiger partial charge on any atom is -0.497 e. The summed E-state index contributed by atoms with van der Waals surface area (Å²) in [5.74, 6) is 0.409. The van der Waals surface area contributed by atoms with Gasteiger partial charge in [0, 0.05) is 17.5 Å². The third kappa shape index (κ3) is 5.90. The first kappa shape index (κ1) is 22.8. The first-order valence-corrected chi connectivity index (χ1v) is 12.1. The van der Waals surface area contributed by atoms with Crippen molar-refractivity contribution >= 4 is 34.2 Å². The molecule has 0 aliphatic heterocycles. The lowest BCUT2D eigenvalue weighted by Crippen LogP contribution is -2.27. The van der Waals surface area contributed by atoms with Crippen LogP contribution in [0, 0.1) is 0 Å². The van der Waals surface area contributed by atoms with Crippen molar-refractivity contribution in [1.82, 2.24) is 5.32 Å². The van der Waals surface area contributed by atoms with Gasteiger partial charge in [-0.2, -0.15) is 0 Å². The Bertz CT molecular complexity index is 1130. The number of benzene rings is 2. The van der Waals surface area contributed by atoms with E-state index in [1.807, 2.05) is 42.5 Å². The van der Waals surface area contributed by atoms with E-state index in [9.17, 15) is 9.59 Å². The normalized spacial score (nSPS) is 12.9. The van der Waals surface area contributed by atoms with Crippen LogP contribution >= 0.6 is 11.3 Å². The Morgan fingerprint density at radius 1 is 1.03 bits per heavy atom. The van der Waals surface area contributed by atoms with E-state index < -0.39 is 0 Å². The number of anilines is 1. The molecule has 2 N–H and O–H groups in total. The Morgan fingerprint density at radius 2 is 1.79 bits per heavy atom. The highest BCUT2D eigenvalue weighted by molar-refractivity contribution is 7.17. The molecule has 1 aromatic heterocycles. The smallest absolute Gasteiger partial charge is 0.254 e. The molecule has 0 spiro atoms. The van der Waals surface area contributed by atoms with Gasteiger partial charge in [-0.25, -0.2) is 0 Å². The summed E-state index contributed by atoms with van der Waals surface area (Å²) in [7, 11) is 1.62. The van der Waals surface area contributed by atoms with Gasteiger partial charge in [-0.1, -0.05) is 42.5 Å². The van der Waals surface area contributed by atoms with Crippen LogP contribution in [0.25, 0.3) is 6.08 Å². The van der Waals surface area contributed by atoms with Gasteiger partial charge < -0.3 is 15.4 Å². The Hall–Kier alpha value is -3.38. The monoisotopic (exact) mass is 460 g/mol. The van der Waals surface area contributed by atoms with Crippen molar-refractivity contribution in [1.29, 1.82) is 0 Å². The number of carbonyl (C=O) groups is 2. The van der Waals surface area contributed by atoms with Crippen LogP contribution in [-0.4, -0.2) is 25.5 Å². The lowest BCUT2D eigenvalue weighted by molar-refractivity contribution is -0.111. The fourth-order valence-electron chi connectivity index (χ4n) is 3.99. The van der Waals surface area contributed by atoms with Crippen molar-refractivity contribution in [2.24, 2.45) is 0 Å². The summed E-state index contributed by atoms with van der Waals surface area (Å²) < 4.78 is 5.16. The number of hydrogen-bond acceptors (Lipinski definition) is 4. The number of thiophene rings is 1. The topological polar surface area (TPSA) is 67.4 Å². The number of fused-ring (bicyclic) bond motifs is 1. The van der Waals surface area contributed by atoms with Crippen molar-refractivity contribution in [2.45, 2.75) is 32.1 Å². The fraction of sp³-hybridized carbons (Fsp3) is 0.259. The Balaban J connectivity index is 1.45. The standard InChI is InChI=1S/C27H28N2O3S/c1-32-21-14-11-20(12-15-21)13-16-24(30)29-27-25(22-9-5-6-10-23(22)33-27)26(31)28-18-17-19-7-3-2-4-8-19/h2-4,7-8,11-16H,5-6,9-10,17-18H2,1H3,(H,28,31)(H,29,30). The van der Waals surface area contributed by atoms with Crippen molar-refractivity contribution in [3.8, 4) is 5.75 Å². The summed E-state index contributed by atoms with van der Waals surface area (Å²) >= 11 is 1.53. The van der Waals surface area contributed by atoms with Crippen molar-refractivity contribution in [3.05, 3.63) is 87.8 Å². The quantitative estimate of drug-likeness (QED) is 0.451. The van der Waals surface area contributed by atoms with E-state index in [0.717, 1.165) is 49.0 Å². The largest absolute Gasteiger partial charge is 0.497 e. The van der Waals surface area contributed by atoms with Crippen LogP contribution in [0.2, 0.25) is 0 Å². The molecular weight excluding hydrogens is 432 g/mol. The molecule has 0 unspecified atom stereocenters. The molecule has 0 radical (unpaired) electrons. The Morgan fingerprint density at radius 3 is 2.55 bits per heavy atom. The molecule has 1 aliphatic rings. The number of hydrogen-bond donors (Lipinski definition) is 2. The summed E-state index contributed by atoms with van der Waals surface area (Å²) in [4.78, 5) is 27.0. The fourth-order valence-corrected chi connectivity index (χ4v) is 5.28. The van der Waals surface area contributed by atoms with E-state index in [-0.39, 0.29) is 11.8 Å². The van der Waals surface area contributed by atoms with Gasteiger partial charge in [0.1, 0.15) is 10.8 Å². The molecule has 2 aromatic carbocycles. The maximum absolute atomic E-state index is 13.1. The highest BCUT2D eigenvalue weighted by atomic mass is 32.1. The van der Waals surface area contributed by atoms with Crippen LogP contribution in [0.3, 0.4) is 0 Å². The molecule has 0 bridgehead atoms. The van der Waals surface area contributed by atoms with Gasteiger partial charge in [-0.05, 0) is 67.0 Å². The summed E-state index contributed by atoms with van der Waals surface area (Å²) in [5.41, 5.74) is 3.81. The van der Waals surface area contributed by atoms with Gasteiger partial charge in [0.05, 0.1) is 12.7 Å². The van der Waals surface area contributed by atoms with Crippen molar-refractivity contribution in [3.63, 3.8) is 0 Å². The first-order chi connectivity index (χ1) is 16.1. The maximum Gasteiger partial charge on any atom is 0.254 e. The molecule has 0 atom stereocenters. The molecule has 0 saturated carbocycles. The summed E-state index contributed by atoms with van der Waals surface area (Å²) in [6.45, 7) is 0.554. The molecular formula is C27H28N2O3S. The number of ether oxygens (including phenoxy) is 1. The second kappa shape index (κ2) is 11.0. The number of amides is 2. The molecule has 33 heavy (non-hydrogen) atoms. The summed E-state index contributed by atoms with van der Waals surface area (Å²) in [5, 5.41) is 6.65. The third-order valence-corrected chi connectivity index (χ3v) is 6.93. The Kier molecular flexibility index (Phi) is 7.58. The minimum absolute atomic E-state index is 0.111. The van der Waals surface area contributed by atoms with Crippen LogP contribution in [0.15, 0.2) is 60.7 Å². The van der Waals surface area contributed by atoms with Gasteiger partial charge in [0.15, 0.2) is 0 Å². The van der Waals surface area contributed by atoms with Crippen molar-refractivity contribution in [2.75, 3.05) is 19.0 Å². The molecule has 0 fully saturated rings. The van der Waals surface area contributed by atoms with Crippen LogP contribution in [0.1, 0.15) is 44.8 Å².